The van der Waals surface area contributed by atoms with Crippen LogP contribution in [0, 0.1) is 0 Å². The van der Waals surface area contributed by atoms with E-state index in [-0.39, 0.29) is 0 Å². The van der Waals surface area contributed by atoms with Crippen molar-refractivity contribution in [3.63, 3.8) is 0 Å². The van der Waals surface area contributed by atoms with E-state index in [1.54, 1.807) is 17.1 Å². The van der Waals surface area contributed by atoms with Crippen LogP contribution in [0.4, 0.5) is 5.69 Å². The number of aromatic nitrogens is 3. The van der Waals surface area contributed by atoms with Gasteiger partial charge in [0.2, 0.25) is 0 Å². The number of anilines is 1. The Morgan fingerprint density at radius 3 is 2.74 bits per heavy atom. The van der Waals surface area contributed by atoms with E-state index in [1.165, 1.54) is 6.20 Å². The van der Waals surface area contributed by atoms with Crippen LogP contribution < -0.4 is 5.32 Å². The normalized spacial score (nSPS) is 11.6. The number of carboxylic acid groups (broad SMARTS) is 1. The van der Waals surface area contributed by atoms with Crippen molar-refractivity contribution >= 4 is 36.5 Å². The van der Waals surface area contributed by atoms with Gasteiger partial charge in [0.05, 0.1) is 18.1 Å². The highest BCUT2D eigenvalue weighted by atomic mass is 28.3. The number of amides is 1. The van der Waals surface area contributed by atoms with Gasteiger partial charge < -0.3 is 15.2 Å². The van der Waals surface area contributed by atoms with Gasteiger partial charge in [0.25, 0.3) is 0 Å². The van der Waals surface area contributed by atoms with E-state index in [0.717, 1.165) is 6.04 Å². The number of carbonyl (C=O) groups is 2. The third-order valence-electron chi connectivity index (χ3n) is 3.14. The predicted molar refractivity (Wildman–Crippen MR) is 87.9 cm³/mol. The molecule has 0 bridgehead atoms. The maximum atomic E-state index is 11.3. The summed E-state index contributed by atoms with van der Waals surface area (Å²) < 4.78 is 7.22. The maximum absolute atomic E-state index is 11.3. The molecule has 0 atom stereocenters. The molecule has 23 heavy (non-hydrogen) atoms. The van der Waals surface area contributed by atoms with E-state index in [1.807, 2.05) is 0 Å². The number of ether oxygens (including phenoxy) is 1. The zero-order valence-corrected chi connectivity index (χ0v) is 14.4. The molecule has 0 saturated heterocycles. The van der Waals surface area contributed by atoms with E-state index in [0.29, 0.717) is 29.9 Å². The van der Waals surface area contributed by atoms with Gasteiger partial charge in [0.1, 0.15) is 12.2 Å². The summed E-state index contributed by atoms with van der Waals surface area (Å²) in [4.78, 5) is 25.9. The molecule has 0 fully saturated rings. The molecule has 124 valence electrons. The first-order valence-corrected chi connectivity index (χ1v) is 10.9. The summed E-state index contributed by atoms with van der Waals surface area (Å²) in [7, 11) is -1.13. The molecule has 0 unspecified atom stereocenters. The molecule has 2 rings (SSSR count). The SMILES string of the molecule is C[Si](C)(C)CCOCn1cc2c(NC(=O)C(=O)O)cncc2n1. The summed E-state index contributed by atoms with van der Waals surface area (Å²) >= 11 is 0. The van der Waals surface area contributed by atoms with Gasteiger partial charge in [-0.2, -0.15) is 5.10 Å². The molecule has 8 nitrogen and oxygen atoms in total. The zero-order valence-electron chi connectivity index (χ0n) is 13.4. The van der Waals surface area contributed by atoms with E-state index in [4.69, 9.17) is 9.84 Å². The molecule has 0 aliphatic carbocycles. The van der Waals surface area contributed by atoms with E-state index in [2.05, 4.69) is 35.0 Å². The lowest BCUT2D eigenvalue weighted by Gasteiger charge is -2.15. The summed E-state index contributed by atoms with van der Waals surface area (Å²) in [6.45, 7) is 7.81. The van der Waals surface area contributed by atoms with E-state index < -0.39 is 20.0 Å². The van der Waals surface area contributed by atoms with Crippen LogP contribution in [-0.2, 0) is 21.1 Å². The summed E-state index contributed by atoms with van der Waals surface area (Å²) in [6.07, 6.45) is 4.63. The van der Waals surface area contributed by atoms with Crippen LogP contribution in [0.3, 0.4) is 0 Å². The number of hydrogen-bond donors (Lipinski definition) is 2. The fourth-order valence-corrected chi connectivity index (χ4v) is 2.63. The number of rotatable bonds is 6. The first-order valence-electron chi connectivity index (χ1n) is 7.19. The summed E-state index contributed by atoms with van der Waals surface area (Å²) in [6, 6.07) is 1.06. The van der Waals surface area contributed by atoms with Gasteiger partial charge in [-0.25, -0.2) is 9.48 Å². The summed E-state index contributed by atoms with van der Waals surface area (Å²) in [5.74, 6) is -2.66. The van der Waals surface area contributed by atoms with E-state index >= 15 is 0 Å². The Balaban J connectivity index is 2.06. The number of carbonyl (C=O) groups excluding carboxylic acids is 1. The predicted octanol–water partition coefficient (Wildman–Crippen LogP) is 1.77. The largest absolute Gasteiger partial charge is 0.474 e. The lowest BCUT2D eigenvalue weighted by atomic mass is 10.3. The molecule has 0 aromatic carbocycles. The van der Waals surface area contributed by atoms with E-state index in [9.17, 15) is 9.59 Å². The second kappa shape index (κ2) is 6.88. The molecule has 2 aromatic rings. The Morgan fingerprint density at radius 1 is 1.35 bits per heavy atom. The van der Waals surface area contributed by atoms with Gasteiger partial charge in [-0.3, -0.25) is 9.78 Å². The van der Waals surface area contributed by atoms with Crippen molar-refractivity contribution in [3.05, 3.63) is 18.6 Å². The molecule has 0 radical (unpaired) electrons. The fraction of sp³-hybridized carbons (Fsp3) is 0.429. The molecule has 0 aliphatic rings. The smallest absolute Gasteiger partial charge is 0.394 e. The molecule has 1 amide bonds. The number of hydrogen-bond acceptors (Lipinski definition) is 5. The van der Waals surface area contributed by atoms with Gasteiger partial charge in [-0.15, -0.1) is 0 Å². The van der Waals surface area contributed by atoms with Crippen molar-refractivity contribution in [1.82, 2.24) is 14.8 Å². The quantitative estimate of drug-likeness (QED) is 0.473. The van der Waals surface area contributed by atoms with Crippen LogP contribution in [0.1, 0.15) is 0 Å². The Bertz CT molecular complexity index is 723. The lowest BCUT2D eigenvalue weighted by Crippen LogP contribution is -2.22. The second-order valence-electron chi connectivity index (χ2n) is 6.40. The zero-order chi connectivity index (χ0) is 17.0. The molecular weight excluding hydrogens is 316 g/mol. The highest BCUT2D eigenvalue weighted by Gasteiger charge is 2.15. The van der Waals surface area contributed by atoms with Crippen LogP contribution in [-0.4, -0.2) is 46.4 Å². The molecule has 2 N–H and O–H groups in total. The molecule has 9 heteroatoms. The number of carboxylic acids is 1. The number of aliphatic carboxylic acids is 1. The fourth-order valence-electron chi connectivity index (χ4n) is 1.87. The first kappa shape index (κ1) is 17.1. The third-order valence-corrected chi connectivity index (χ3v) is 4.85. The third kappa shape index (κ3) is 4.86. The average Bonchev–Trinajstić information content (AvgIpc) is 2.86. The van der Waals surface area contributed by atoms with Crippen LogP contribution >= 0.6 is 0 Å². The van der Waals surface area contributed by atoms with Crippen molar-refractivity contribution < 1.29 is 19.4 Å². The monoisotopic (exact) mass is 336 g/mol. The Kier molecular flexibility index (Phi) is 5.11. The number of nitrogens with zero attached hydrogens (tertiary/aromatic N) is 3. The first-order chi connectivity index (χ1) is 10.8. The van der Waals surface area contributed by atoms with Gasteiger partial charge in [0, 0.05) is 26.3 Å². The highest BCUT2D eigenvalue weighted by molar-refractivity contribution is 6.76. The number of fused-ring (bicyclic) bond motifs is 1. The van der Waals surface area contributed by atoms with Crippen molar-refractivity contribution in [2.75, 3.05) is 11.9 Å². The van der Waals surface area contributed by atoms with Gasteiger partial charge >= 0.3 is 11.9 Å². The van der Waals surface area contributed by atoms with Gasteiger partial charge in [0.15, 0.2) is 0 Å². The standard InChI is InChI=1S/C14H20N4O4Si/c1-23(2,3)5-4-22-9-18-8-10-11(16-13(19)14(20)21)6-15-7-12(10)17-18/h6-8H,4-5,9H2,1-3H3,(H,16,19)(H,20,21). The maximum Gasteiger partial charge on any atom is 0.394 e. The highest BCUT2D eigenvalue weighted by Crippen LogP contribution is 2.21. The minimum absolute atomic E-state index is 0.297. The molecular formula is C14H20N4O4Si. The molecule has 2 heterocycles. The minimum Gasteiger partial charge on any atom is -0.474 e. The summed E-state index contributed by atoms with van der Waals surface area (Å²) in [5.41, 5.74) is 0.866. The van der Waals surface area contributed by atoms with Gasteiger partial charge in [-0.05, 0) is 6.04 Å². The topological polar surface area (TPSA) is 106 Å². The Hall–Kier alpha value is -2.26. The Morgan fingerprint density at radius 2 is 2.09 bits per heavy atom. The van der Waals surface area contributed by atoms with Crippen LogP contribution in [0.2, 0.25) is 25.7 Å². The lowest BCUT2D eigenvalue weighted by molar-refractivity contribution is -0.147. The molecule has 0 aliphatic heterocycles. The van der Waals surface area contributed by atoms with Crippen molar-refractivity contribution in [3.8, 4) is 0 Å². The van der Waals surface area contributed by atoms with Crippen molar-refractivity contribution in [1.29, 1.82) is 0 Å². The molecule has 2 aromatic heterocycles. The van der Waals surface area contributed by atoms with Crippen molar-refractivity contribution in [2.45, 2.75) is 32.4 Å². The number of nitrogens with one attached hydrogen (secondary N) is 1. The molecule has 0 spiro atoms. The van der Waals surface area contributed by atoms with Crippen LogP contribution in [0.25, 0.3) is 10.9 Å². The molecule has 0 saturated carbocycles. The van der Waals surface area contributed by atoms with Crippen LogP contribution in [0.5, 0.6) is 0 Å². The minimum atomic E-state index is -1.55. The van der Waals surface area contributed by atoms with Crippen molar-refractivity contribution in [2.24, 2.45) is 0 Å². The number of pyridine rings is 1. The summed E-state index contributed by atoms with van der Waals surface area (Å²) in [5, 5.41) is 15.9. The average molecular weight is 336 g/mol. The van der Waals surface area contributed by atoms with Crippen LogP contribution in [0.15, 0.2) is 18.6 Å². The van der Waals surface area contributed by atoms with Gasteiger partial charge in [-0.1, -0.05) is 19.6 Å². The Labute approximate surface area is 134 Å². The second-order valence-corrected chi connectivity index (χ2v) is 12.0.